The predicted molar refractivity (Wildman–Crippen MR) is 150 cm³/mol. The standard InChI is InChI=1S/C31H45NO6/c1-2-3-4-5-6-11-17-34-19-21-36-23-24-37-22-20-35-18-16-32-31(33)38-25-30-28-14-9-7-12-26(28)27-13-8-10-15-29(27)30/h7-10,12-15,30H,2-6,11,16-25H2,1H3,(H,32,33). The molecule has 0 saturated carbocycles. The van der Waals surface area contributed by atoms with Crippen molar-refractivity contribution in [2.45, 2.75) is 51.4 Å². The number of hydrogen-bond acceptors (Lipinski definition) is 6. The smallest absolute Gasteiger partial charge is 0.407 e. The normalized spacial score (nSPS) is 12.3. The molecule has 0 aromatic heterocycles. The van der Waals surface area contributed by atoms with Gasteiger partial charge < -0.3 is 29.0 Å². The second kappa shape index (κ2) is 18.7. The first-order chi connectivity index (χ1) is 18.8. The van der Waals surface area contributed by atoms with Gasteiger partial charge in [-0.2, -0.15) is 0 Å². The zero-order chi connectivity index (χ0) is 26.7. The summed E-state index contributed by atoms with van der Waals surface area (Å²) in [5.74, 6) is 0.0585. The Labute approximate surface area is 228 Å². The molecule has 0 fully saturated rings. The van der Waals surface area contributed by atoms with E-state index in [-0.39, 0.29) is 5.92 Å². The van der Waals surface area contributed by atoms with Gasteiger partial charge in [-0.3, -0.25) is 0 Å². The first kappa shape index (κ1) is 30.1. The maximum atomic E-state index is 12.2. The minimum atomic E-state index is -0.431. The third-order valence-electron chi connectivity index (χ3n) is 6.62. The summed E-state index contributed by atoms with van der Waals surface area (Å²) in [4.78, 5) is 12.2. The molecule has 0 saturated heterocycles. The molecule has 1 aliphatic rings. The molecule has 38 heavy (non-hydrogen) atoms. The highest BCUT2D eigenvalue weighted by Gasteiger charge is 2.28. The van der Waals surface area contributed by atoms with Gasteiger partial charge in [0, 0.05) is 19.1 Å². The number of nitrogens with one attached hydrogen (secondary N) is 1. The maximum Gasteiger partial charge on any atom is 0.407 e. The molecule has 1 amide bonds. The van der Waals surface area contributed by atoms with Crippen molar-refractivity contribution in [1.29, 1.82) is 0 Å². The second-order valence-electron chi connectivity index (χ2n) is 9.47. The zero-order valence-electron chi connectivity index (χ0n) is 23.0. The molecule has 210 valence electrons. The van der Waals surface area contributed by atoms with Crippen LogP contribution in [0.1, 0.15) is 62.5 Å². The first-order valence-corrected chi connectivity index (χ1v) is 14.2. The average Bonchev–Trinajstić information content (AvgIpc) is 3.27. The van der Waals surface area contributed by atoms with E-state index in [1.165, 1.54) is 54.4 Å². The number of fused-ring (bicyclic) bond motifs is 3. The lowest BCUT2D eigenvalue weighted by atomic mass is 9.98. The molecule has 0 bridgehead atoms. The fraction of sp³-hybridized carbons (Fsp3) is 0.581. The topological polar surface area (TPSA) is 75.3 Å². The number of benzene rings is 2. The number of carbonyl (C=O) groups is 1. The van der Waals surface area contributed by atoms with Crippen molar-refractivity contribution >= 4 is 6.09 Å². The summed E-state index contributed by atoms with van der Waals surface area (Å²) in [5, 5.41) is 2.75. The third-order valence-corrected chi connectivity index (χ3v) is 6.62. The summed E-state index contributed by atoms with van der Waals surface area (Å²) in [6.45, 7) is 7.41. The van der Waals surface area contributed by atoms with E-state index >= 15 is 0 Å². The van der Waals surface area contributed by atoms with Crippen LogP contribution in [0, 0.1) is 0 Å². The van der Waals surface area contributed by atoms with Crippen LogP contribution in [0.15, 0.2) is 48.5 Å². The molecule has 1 N–H and O–H groups in total. The minimum Gasteiger partial charge on any atom is -0.449 e. The number of alkyl carbamates (subject to hydrolysis) is 1. The van der Waals surface area contributed by atoms with Gasteiger partial charge >= 0.3 is 6.09 Å². The summed E-state index contributed by atoms with van der Waals surface area (Å²) in [6.07, 6.45) is 7.22. The number of rotatable bonds is 21. The molecule has 2 aromatic rings. The largest absolute Gasteiger partial charge is 0.449 e. The highest BCUT2D eigenvalue weighted by Crippen LogP contribution is 2.44. The van der Waals surface area contributed by atoms with Crippen molar-refractivity contribution < 1.29 is 28.5 Å². The van der Waals surface area contributed by atoms with Crippen LogP contribution in [0.5, 0.6) is 0 Å². The molecular weight excluding hydrogens is 482 g/mol. The monoisotopic (exact) mass is 527 g/mol. The van der Waals surface area contributed by atoms with Crippen LogP contribution in [0.4, 0.5) is 4.79 Å². The van der Waals surface area contributed by atoms with Gasteiger partial charge in [0.25, 0.3) is 0 Å². The van der Waals surface area contributed by atoms with Crippen molar-refractivity contribution in [2.24, 2.45) is 0 Å². The van der Waals surface area contributed by atoms with Crippen molar-refractivity contribution in [3.63, 3.8) is 0 Å². The van der Waals surface area contributed by atoms with Crippen molar-refractivity contribution in [2.75, 3.05) is 66.0 Å². The molecule has 0 atom stereocenters. The van der Waals surface area contributed by atoms with Crippen LogP contribution in [0.25, 0.3) is 11.1 Å². The molecule has 3 rings (SSSR count). The lowest BCUT2D eigenvalue weighted by Crippen LogP contribution is -2.29. The highest BCUT2D eigenvalue weighted by molar-refractivity contribution is 5.79. The van der Waals surface area contributed by atoms with E-state index < -0.39 is 6.09 Å². The van der Waals surface area contributed by atoms with E-state index in [4.69, 9.17) is 23.7 Å². The van der Waals surface area contributed by atoms with Crippen LogP contribution in [-0.2, 0) is 23.7 Å². The minimum absolute atomic E-state index is 0.0585. The summed E-state index contributed by atoms with van der Waals surface area (Å²) in [6, 6.07) is 16.6. The number of unbranched alkanes of at least 4 members (excludes halogenated alkanes) is 5. The number of hydrogen-bond donors (Lipinski definition) is 1. The van der Waals surface area contributed by atoms with Crippen LogP contribution in [-0.4, -0.2) is 72.1 Å². The first-order valence-electron chi connectivity index (χ1n) is 14.2. The van der Waals surface area contributed by atoms with E-state index in [0.717, 1.165) is 13.0 Å². The van der Waals surface area contributed by atoms with Crippen molar-refractivity contribution in [1.82, 2.24) is 5.32 Å². The van der Waals surface area contributed by atoms with Gasteiger partial charge in [-0.25, -0.2) is 4.79 Å². The van der Waals surface area contributed by atoms with Crippen LogP contribution in [0.2, 0.25) is 0 Å². The highest BCUT2D eigenvalue weighted by atomic mass is 16.6. The number of amides is 1. The predicted octanol–water partition coefficient (Wildman–Crippen LogP) is 5.95. The second-order valence-corrected chi connectivity index (χ2v) is 9.47. The van der Waals surface area contributed by atoms with Crippen LogP contribution in [0.3, 0.4) is 0 Å². The Morgan fingerprint density at radius 2 is 1.16 bits per heavy atom. The summed E-state index contributed by atoms with van der Waals surface area (Å²) >= 11 is 0. The molecule has 7 nitrogen and oxygen atoms in total. The number of carbonyl (C=O) groups excluding carboxylic acids is 1. The molecule has 2 aromatic carbocycles. The molecule has 0 unspecified atom stereocenters. The molecule has 0 heterocycles. The lowest BCUT2D eigenvalue weighted by Gasteiger charge is -2.14. The van der Waals surface area contributed by atoms with E-state index in [9.17, 15) is 4.79 Å². The Morgan fingerprint density at radius 3 is 1.76 bits per heavy atom. The molecular formula is C31H45NO6. The van der Waals surface area contributed by atoms with Crippen molar-refractivity contribution in [3.8, 4) is 11.1 Å². The van der Waals surface area contributed by atoms with Crippen LogP contribution >= 0.6 is 0 Å². The fourth-order valence-corrected chi connectivity index (χ4v) is 4.62. The van der Waals surface area contributed by atoms with Crippen molar-refractivity contribution in [3.05, 3.63) is 59.7 Å². The molecule has 0 aliphatic heterocycles. The van der Waals surface area contributed by atoms with Gasteiger partial charge in [-0.1, -0.05) is 87.6 Å². The van der Waals surface area contributed by atoms with Gasteiger partial charge in [-0.05, 0) is 28.7 Å². The van der Waals surface area contributed by atoms with Gasteiger partial charge in [0.2, 0.25) is 0 Å². The summed E-state index contributed by atoms with van der Waals surface area (Å²) < 4.78 is 27.6. The fourth-order valence-electron chi connectivity index (χ4n) is 4.62. The Kier molecular flexibility index (Phi) is 14.8. The van der Waals surface area contributed by atoms with E-state index in [2.05, 4.69) is 36.5 Å². The van der Waals surface area contributed by atoms with Gasteiger partial charge in [-0.15, -0.1) is 0 Å². The zero-order valence-corrected chi connectivity index (χ0v) is 23.0. The number of ether oxygens (including phenoxy) is 5. The van der Waals surface area contributed by atoms with E-state index in [0.29, 0.717) is 59.4 Å². The lowest BCUT2D eigenvalue weighted by molar-refractivity contribution is -0.00181. The Bertz CT molecular complexity index is 875. The third kappa shape index (κ3) is 10.7. The summed E-state index contributed by atoms with van der Waals surface area (Å²) in [7, 11) is 0. The van der Waals surface area contributed by atoms with E-state index in [1.54, 1.807) is 0 Å². The van der Waals surface area contributed by atoms with Gasteiger partial charge in [0.15, 0.2) is 0 Å². The SMILES string of the molecule is CCCCCCCCOCCOCCOCCOCCNC(=O)OCC1c2ccccc2-c2ccccc21. The summed E-state index contributed by atoms with van der Waals surface area (Å²) in [5.41, 5.74) is 4.83. The molecule has 0 spiro atoms. The maximum absolute atomic E-state index is 12.2. The molecule has 7 heteroatoms. The Balaban J connectivity index is 1.10. The Morgan fingerprint density at radius 1 is 0.658 bits per heavy atom. The average molecular weight is 528 g/mol. The molecule has 0 radical (unpaired) electrons. The van der Waals surface area contributed by atoms with E-state index in [1.807, 2.05) is 24.3 Å². The molecule has 1 aliphatic carbocycles. The van der Waals surface area contributed by atoms with Gasteiger partial charge in [0.1, 0.15) is 6.61 Å². The van der Waals surface area contributed by atoms with Crippen LogP contribution < -0.4 is 5.32 Å². The van der Waals surface area contributed by atoms with Gasteiger partial charge in [0.05, 0.1) is 46.2 Å². The Hall–Kier alpha value is -2.45. The quantitative estimate of drug-likeness (QED) is 0.202.